The number of aromatic nitrogens is 1. The van der Waals surface area contributed by atoms with E-state index < -0.39 is 5.97 Å². The molecule has 0 fully saturated rings. The third-order valence-electron chi connectivity index (χ3n) is 2.46. The maximum atomic E-state index is 10.6. The van der Waals surface area contributed by atoms with Gasteiger partial charge in [-0.25, -0.2) is 4.98 Å². The molecule has 0 spiro atoms. The second-order valence-electron chi connectivity index (χ2n) is 4.10. The first kappa shape index (κ1) is 16.4. The van der Waals surface area contributed by atoms with E-state index in [1.165, 1.54) is 11.3 Å². The van der Waals surface area contributed by atoms with Gasteiger partial charge in [0.1, 0.15) is 0 Å². The first-order valence-electron chi connectivity index (χ1n) is 5.88. The summed E-state index contributed by atoms with van der Waals surface area (Å²) >= 11 is 19.2. The van der Waals surface area contributed by atoms with E-state index in [4.69, 9.17) is 44.6 Å². The Morgan fingerprint density at radius 3 is 2.57 bits per heavy atom. The van der Waals surface area contributed by atoms with Crippen molar-refractivity contribution >= 4 is 52.1 Å². The number of rotatable bonds is 6. The molecule has 0 unspecified atom stereocenters. The van der Waals surface area contributed by atoms with E-state index in [0.29, 0.717) is 39.5 Å². The lowest BCUT2D eigenvalue weighted by Crippen LogP contribution is -2.03. The standard InChI is InChI=1S/C13H10Cl3NO3S/c14-7-3-9(15)13(10(16)4-7)20-2-1-11-17-8(6-21-11)5-12(18)19/h3-4,6H,1-2,5H2,(H,18,19). The average Bonchev–Trinajstić information content (AvgIpc) is 2.79. The number of carbonyl (C=O) groups is 1. The number of hydrogen-bond acceptors (Lipinski definition) is 4. The van der Waals surface area contributed by atoms with E-state index in [9.17, 15) is 4.79 Å². The molecule has 1 N–H and O–H groups in total. The van der Waals surface area contributed by atoms with Gasteiger partial charge in [0.05, 0.1) is 33.8 Å². The van der Waals surface area contributed by atoms with Crippen molar-refractivity contribution in [2.24, 2.45) is 0 Å². The largest absolute Gasteiger partial charge is 0.490 e. The van der Waals surface area contributed by atoms with Crippen LogP contribution in [0.2, 0.25) is 15.1 Å². The molecule has 1 heterocycles. The number of ether oxygens (including phenoxy) is 1. The highest BCUT2D eigenvalue weighted by Gasteiger charge is 2.10. The molecule has 0 radical (unpaired) electrons. The molecule has 0 amide bonds. The minimum Gasteiger partial charge on any atom is -0.490 e. The van der Waals surface area contributed by atoms with Crippen molar-refractivity contribution in [1.29, 1.82) is 0 Å². The Kier molecular flexibility index (Phi) is 5.70. The predicted octanol–water partition coefficient (Wildman–Crippen LogP) is 4.35. The number of nitrogens with zero attached hydrogens (tertiary/aromatic N) is 1. The molecule has 0 aliphatic carbocycles. The normalized spacial score (nSPS) is 10.6. The number of carboxylic acids is 1. The predicted molar refractivity (Wildman–Crippen MR) is 84.1 cm³/mol. The van der Waals surface area contributed by atoms with Gasteiger partial charge < -0.3 is 9.84 Å². The molecule has 4 nitrogen and oxygen atoms in total. The summed E-state index contributed by atoms with van der Waals surface area (Å²) in [7, 11) is 0. The van der Waals surface area contributed by atoms with E-state index in [-0.39, 0.29) is 6.42 Å². The molecular weight excluding hydrogens is 357 g/mol. The Labute approximate surface area is 140 Å². The summed E-state index contributed by atoms with van der Waals surface area (Å²) in [5.74, 6) is -0.520. The van der Waals surface area contributed by atoms with Gasteiger partial charge in [0.25, 0.3) is 0 Å². The summed E-state index contributed by atoms with van der Waals surface area (Å²) in [4.78, 5) is 14.8. The van der Waals surface area contributed by atoms with Crippen molar-refractivity contribution in [3.05, 3.63) is 43.3 Å². The van der Waals surface area contributed by atoms with Crippen LogP contribution in [0, 0.1) is 0 Å². The van der Waals surface area contributed by atoms with Gasteiger partial charge >= 0.3 is 5.97 Å². The van der Waals surface area contributed by atoms with Gasteiger partial charge in [-0.1, -0.05) is 34.8 Å². The van der Waals surface area contributed by atoms with Gasteiger partial charge in [0, 0.05) is 16.8 Å². The van der Waals surface area contributed by atoms with Crippen molar-refractivity contribution in [2.75, 3.05) is 6.61 Å². The van der Waals surface area contributed by atoms with E-state index in [2.05, 4.69) is 4.98 Å². The van der Waals surface area contributed by atoms with Crippen LogP contribution < -0.4 is 4.74 Å². The lowest BCUT2D eigenvalue weighted by molar-refractivity contribution is -0.136. The molecule has 1 aromatic heterocycles. The van der Waals surface area contributed by atoms with Crippen LogP contribution in [0.15, 0.2) is 17.5 Å². The first-order chi connectivity index (χ1) is 9.95. The minimum absolute atomic E-state index is 0.0772. The fourth-order valence-corrected chi connectivity index (χ4v) is 3.31. The Morgan fingerprint density at radius 1 is 1.29 bits per heavy atom. The Bertz CT molecular complexity index is 637. The first-order valence-corrected chi connectivity index (χ1v) is 7.89. The summed E-state index contributed by atoms with van der Waals surface area (Å²) in [5.41, 5.74) is 0.546. The van der Waals surface area contributed by atoms with Crippen LogP contribution in [-0.2, 0) is 17.6 Å². The number of thiazole rings is 1. The van der Waals surface area contributed by atoms with Crippen LogP contribution in [0.25, 0.3) is 0 Å². The average molecular weight is 367 g/mol. The topological polar surface area (TPSA) is 59.4 Å². The third-order valence-corrected chi connectivity index (χ3v) is 4.19. The van der Waals surface area contributed by atoms with Crippen molar-refractivity contribution in [3.63, 3.8) is 0 Å². The second kappa shape index (κ2) is 7.31. The Morgan fingerprint density at radius 2 is 1.95 bits per heavy atom. The lowest BCUT2D eigenvalue weighted by Gasteiger charge is -2.09. The maximum Gasteiger partial charge on any atom is 0.309 e. The zero-order valence-corrected chi connectivity index (χ0v) is 13.7. The monoisotopic (exact) mass is 365 g/mol. The molecule has 2 aromatic rings. The fourth-order valence-electron chi connectivity index (χ4n) is 1.61. The van der Waals surface area contributed by atoms with Crippen molar-refractivity contribution < 1.29 is 14.6 Å². The van der Waals surface area contributed by atoms with Crippen molar-refractivity contribution in [1.82, 2.24) is 4.98 Å². The van der Waals surface area contributed by atoms with Gasteiger partial charge in [-0.15, -0.1) is 11.3 Å². The number of hydrogen-bond donors (Lipinski definition) is 1. The van der Waals surface area contributed by atoms with Crippen LogP contribution in [0.3, 0.4) is 0 Å². The van der Waals surface area contributed by atoms with Gasteiger partial charge in [-0.3, -0.25) is 4.79 Å². The van der Waals surface area contributed by atoms with Crippen LogP contribution in [0.5, 0.6) is 5.75 Å². The van der Waals surface area contributed by atoms with E-state index in [1.807, 2.05) is 0 Å². The van der Waals surface area contributed by atoms with Crippen molar-refractivity contribution in [2.45, 2.75) is 12.8 Å². The number of aliphatic carboxylic acids is 1. The second-order valence-corrected chi connectivity index (χ2v) is 6.29. The third kappa shape index (κ3) is 4.74. The molecule has 0 aliphatic heterocycles. The van der Waals surface area contributed by atoms with Gasteiger partial charge in [-0.2, -0.15) is 0 Å². The summed E-state index contributed by atoms with van der Waals surface area (Å²) < 4.78 is 5.54. The van der Waals surface area contributed by atoms with Crippen LogP contribution in [0.1, 0.15) is 10.7 Å². The van der Waals surface area contributed by atoms with Crippen molar-refractivity contribution in [3.8, 4) is 5.75 Å². The Hall–Kier alpha value is -1.01. The van der Waals surface area contributed by atoms with E-state index in [1.54, 1.807) is 17.5 Å². The SMILES string of the molecule is O=C(O)Cc1csc(CCOc2c(Cl)cc(Cl)cc2Cl)n1. The van der Waals surface area contributed by atoms with Gasteiger partial charge in [-0.05, 0) is 12.1 Å². The Balaban J connectivity index is 1.93. The number of halogens is 3. The highest BCUT2D eigenvalue weighted by atomic mass is 35.5. The molecule has 21 heavy (non-hydrogen) atoms. The number of carboxylic acid groups (broad SMARTS) is 1. The molecule has 0 saturated heterocycles. The molecule has 0 bridgehead atoms. The molecule has 0 atom stereocenters. The quantitative estimate of drug-likeness (QED) is 0.825. The highest BCUT2D eigenvalue weighted by Crippen LogP contribution is 2.35. The van der Waals surface area contributed by atoms with Crippen LogP contribution >= 0.6 is 46.1 Å². The summed E-state index contributed by atoms with van der Waals surface area (Å²) in [5, 5.41) is 12.3. The van der Waals surface area contributed by atoms with Crippen LogP contribution in [0.4, 0.5) is 0 Å². The minimum atomic E-state index is -0.900. The molecule has 0 aliphatic rings. The summed E-state index contributed by atoms with van der Waals surface area (Å²) in [6.45, 7) is 0.334. The molecule has 112 valence electrons. The van der Waals surface area contributed by atoms with E-state index >= 15 is 0 Å². The zero-order valence-electron chi connectivity index (χ0n) is 10.6. The number of benzene rings is 1. The maximum absolute atomic E-state index is 10.6. The van der Waals surface area contributed by atoms with Gasteiger partial charge in [0.15, 0.2) is 5.75 Å². The summed E-state index contributed by atoms with van der Waals surface area (Å²) in [6, 6.07) is 3.11. The smallest absolute Gasteiger partial charge is 0.309 e. The molecule has 2 rings (SSSR count). The summed E-state index contributed by atoms with van der Waals surface area (Å²) in [6.07, 6.45) is 0.464. The molecule has 8 heteroatoms. The zero-order chi connectivity index (χ0) is 15.4. The molecular formula is C13H10Cl3NO3S. The fraction of sp³-hybridized carbons (Fsp3) is 0.231. The van der Waals surface area contributed by atoms with Gasteiger partial charge in [0.2, 0.25) is 0 Å². The van der Waals surface area contributed by atoms with E-state index in [0.717, 1.165) is 5.01 Å². The molecule has 0 saturated carbocycles. The lowest BCUT2D eigenvalue weighted by atomic mass is 10.3. The highest BCUT2D eigenvalue weighted by molar-refractivity contribution is 7.09. The molecule has 1 aromatic carbocycles. The van der Waals surface area contributed by atoms with Crippen LogP contribution in [-0.4, -0.2) is 22.7 Å².